The maximum Gasteiger partial charge on any atom is 0.151 e. The Bertz CT molecular complexity index is 485. The third-order valence-electron chi connectivity index (χ3n) is 2.98. The van der Waals surface area contributed by atoms with Crippen molar-refractivity contribution in [3.8, 4) is 11.3 Å². The summed E-state index contributed by atoms with van der Waals surface area (Å²) in [6.07, 6.45) is 3.62. The molecule has 1 aliphatic rings. The smallest absolute Gasteiger partial charge is 0.151 e. The number of aromatic amines is 1. The Labute approximate surface area is 136 Å². The second-order valence-electron chi connectivity index (χ2n) is 4.12. The Morgan fingerprint density at radius 3 is 2.50 bits per heavy atom. The van der Waals surface area contributed by atoms with Crippen LogP contribution in [0, 0.1) is 0 Å². The molecule has 112 valence electrons. The number of H-pyrrole nitrogens is 1. The summed E-state index contributed by atoms with van der Waals surface area (Å²) in [5.74, 6) is 1.02. The van der Waals surface area contributed by atoms with Gasteiger partial charge >= 0.3 is 0 Å². The van der Waals surface area contributed by atoms with Crippen LogP contribution in [-0.4, -0.2) is 41.4 Å². The zero-order valence-electron chi connectivity index (χ0n) is 10.8. The quantitative estimate of drug-likeness (QED) is 0.881. The lowest BCUT2D eigenvalue weighted by molar-refractivity contribution is 0.584. The second-order valence-corrected chi connectivity index (χ2v) is 4.12. The van der Waals surface area contributed by atoms with E-state index in [1.807, 2.05) is 18.3 Å². The van der Waals surface area contributed by atoms with Gasteiger partial charge in [-0.15, -0.1) is 37.2 Å². The minimum absolute atomic E-state index is 0. The summed E-state index contributed by atoms with van der Waals surface area (Å²) < 4.78 is 0. The molecule has 8 heteroatoms. The molecule has 2 N–H and O–H groups in total. The molecule has 0 bridgehead atoms. The fourth-order valence-electron chi connectivity index (χ4n) is 2.04. The van der Waals surface area contributed by atoms with Gasteiger partial charge in [-0.1, -0.05) is 0 Å². The lowest BCUT2D eigenvalue weighted by atomic mass is 10.2. The maximum absolute atomic E-state index is 4.36. The van der Waals surface area contributed by atoms with Gasteiger partial charge in [0.1, 0.15) is 0 Å². The van der Waals surface area contributed by atoms with E-state index in [2.05, 4.69) is 31.5 Å². The summed E-state index contributed by atoms with van der Waals surface area (Å²) in [6.45, 7) is 4.07. The molecule has 0 amide bonds. The first kappa shape index (κ1) is 19.0. The predicted molar refractivity (Wildman–Crippen MR) is 88.6 cm³/mol. The maximum atomic E-state index is 4.36. The molecule has 2 aromatic rings. The second kappa shape index (κ2) is 9.02. The first-order chi connectivity index (χ1) is 8.43. The van der Waals surface area contributed by atoms with Crippen LogP contribution in [0.4, 0.5) is 5.82 Å². The number of pyridine rings is 1. The summed E-state index contributed by atoms with van der Waals surface area (Å²) in [4.78, 5) is 6.40. The average Bonchev–Trinajstić information content (AvgIpc) is 2.90. The zero-order valence-corrected chi connectivity index (χ0v) is 13.2. The molecule has 1 fully saturated rings. The van der Waals surface area contributed by atoms with Crippen LogP contribution < -0.4 is 10.2 Å². The molecule has 1 saturated heterocycles. The fourth-order valence-corrected chi connectivity index (χ4v) is 2.04. The molecule has 20 heavy (non-hydrogen) atoms. The van der Waals surface area contributed by atoms with E-state index in [-0.39, 0.29) is 37.2 Å². The minimum Gasteiger partial charge on any atom is -0.353 e. The molecule has 5 nitrogen and oxygen atoms in total. The lowest BCUT2D eigenvalue weighted by Gasteiger charge is -2.26. The Balaban J connectivity index is 0.00000120. The minimum atomic E-state index is 0. The van der Waals surface area contributed by atoms with Gasteiger partial charge in [0, 0.05) is 50.2 Å². The Morgan fingerprint density at radius 1 is 1.10 bits per heavy atom. The number of rotatable bonds is 2. The van der Waals surface area contributed by atoms with Crippen LogP contribution >= 0.6 is 37.2 Å². The molecule has 0 aliphatic carbocycles. The monoisotopic (exact) mass is 337 g/mol. The molecule has 0 saturated carbocycles. The van der Waals surface area contributed by atoms with E-state index >= 15 is 0 Å². The van der Waals surface area contributed by atoms with Gasteiger partial charge in [0.05, 0.1) is 5.69 Å². The van der Waals surface area contributed by atoms with Crippen molar-refractivity contribution in [2.24, 2.45) is 0 Å². The van der Waals surface area contributed by atoms with Gasteiger partial charge in [0.15, 0.2) is 5.82 Å². The van der Waals surface area contributed by atoms with E-state index < -0.39 is 0 Å². The fraction of sp³-hybridized carbons (Fsp3) is 0.333. The van der Waals surface area contributed by atoms with Gasteiger partial charge in [-0.25, -0.2) is 0 Å². The van der Waals surface area contributed by atoms with Gasteiger partial charge in [0.2, 0.25) is 0 Å². The standard InChI is InChI=1S/C12H15N5.3ClH/c1-2-10(9-14-3-1)11-8-12(16-15-11)17-6-4-13-5-7-17;;;/h1-3,8-9,13H,4-7H2,(H,15,16);3*1H. The van der Waals surface area contributed by atoms with Gasteiger partial charge in [-0.3, -0.25) is 10.1 Å². The normalized spacial score (nSPS) is 13.7. The molecular formula is C12H18Cl3N5. The molecular weight excluding hydrogens is 321 g/mol. The number of anilines is 1. The van der Waals surface area contributed by atoms with Crippen molar-refractivity contribution < 1.29 is 0 Å². The van der Waals surface area contributed by atoms with Gasteiger partial charge < -0.3 is 10.2 Å². The van der Waals surface area contributed by atoms with Crippen molar-refractivity contribution in [2.75, 3.05) is 31.1 Å². The van der Waals surface area contributed by atoms with Crippen molar-refractivity contribution >= 4 is 43.0 Å². The first-order valence-electron chi connectivity index (χ1n) is 5.85. The molecule has 2 aromatic heterocycles. The van der Waals surface area contributed by atoms with Crippen molar-refractivity contribution in [2.45, 2.75) is 0 Å². The summed E-state index contributed by atoms with van der Waals surface area (Å²) in [7, 11) is 0. The topological polar surface area (TPSA) is 56.8 Å². The van der Waals surface area contributed by atoms with E-state index in [0.717, 1.165) is 43.3 Å². The summed E-state index contributed by atoms with van der Waals surface area (Å²) in [5, 5.41) is 10.8. The SMILES string of the molecule is Cl.Cl.Cl.c1cncc(-c2cc(N3CCNCC3)n[nH]2)c1. The number of piperazine rings is 1. The van der Waals surface area contributed by atoms with E-state index in [0.29, 0.717) is 0 Å². The Morgan fingerprint density at radius 2 is 1.85 bits per heavy atom. The molecule has 0 aromatic carbocycles. The van der Waals surface area contributed by atoms with Crippen molar-refractivity contribution in [3.63, 3.8) is 0 Å². The van der Waals surface area contributed by atoms with E-state index in [4.69, 9.17) is 0 Å². The summed E-state index contributed by atoms with van der Waals surface area (Å²) in [5.41, 5.74) is 2.09. The van der Waals surface area contributed by atoms with Gasteiger partial charge in [-0.2, -0.15) is 5.10 Å². The van der Waals surface area contributed by atoms with Crippen molar-refractivity contribution in [3.05, 3.63) is 30.6 Å². The molecule has 3 heterocycles. The predicted octanol–water partition coefficient (Wildman–Crippen LogP) is 2.15. The first-order valence-corrected chi connectivity index (χ1v) is 5.85. The third kappa shape index (κ3) is 4.24. The molecule has 0 radical (unpaired) electrons. The molecule has 0 spiro atoms. The van der Waals surface area contributed by atoms with Crippen LogP contribution in [0.25, 0.3) is 11.3 Å². The van der Waals surface area contributed by atoms with Crippen LogP contribution in [-0.2, 0) is 0 Å². The van der Waals surface area contributed by atoms with Crippen LogP contribution in [0.2, 0.25) is 0 Å². The Hall–Kier alpha value is -1.01. The molecule has 0 atom stereocenters. The number of hydrogen-bond acceptors (Lipinski definition) is 4. The Kier molecular flexibility index (Phi) is 8.57. The highest BCUT2D eigenvalue weighted by Gasteiger charge is 2.13. The van der Waals surface area contributed by atoms with Crippen LogP contribution in [0.3, 0.4) is 0 Å². The van der Waals surface area contributed by atoms with Crippen molar-refractivity contribution in [1.29, 1.82) is 0 Å². The van der Waals surface area contributed by atoms with Crippen molar-refractivity contribution in [1.82, 2.24) is 20.5 Å². The average molecular weight is 339 g/mol. The van der Waals surface area contributed by atoms with Crippen LogP contribution in [0.1, 0.15) is 0 Å². The zero-order chi connectivity index (χ0) is 11.5. The molecule has 3 rings (SSSR count). The summed E-state index contributed by atoms with van der Waals surface area (Å²) >= 11 is 0. The highest BCUT2D eigenvalue weighted by Crippen LogP contribution is 2.20. The summed E-state index contributed by atoms with van der Waals surface area (Å²) in [6, 6.07) is 6.05. The molecule has 0 unspecified atom stereocenters. The number of halogens is 3. The number of nitrogens with one attached hydrogen (secondary N) is 2. The van der Waals surface area contributed by atoms with Crippen LogP contribution in [0.15, 0.2) is 30.6 Å². The number of nitrogens with zero attached hydrogens (tertiary/aromatic N) is 3. The lowest BCUT2D eigenvalue weighted by Crippen LogP contribution is -2.43. The van der Waals surface area contributed by atoms with E-state index in [9.17, 15) is 0 Å². The number of hydrogen-bond donors (Lipinski definition) is 2. The highest BCUT2D eigenvalue weighted by molar-refractivity contribution is 5.86. The largest absolute Gasteiger partial charge is 0.353 e. The van der Waals surface area contributed by atoms with Gasteiger partial charge in [-0.05, 0) is 12.1 Å². The van der Waals surface area contributed by atoms with Gasteiger partial charge in [0.25, 0.3) is 0 Å². The van der Waals surface area contributed by atoms with Crippen LogP contribution in [0.5, 0.6) is 0 Å². The third-order valence-corrected chi connectivity index (χ3v) is 2.98. The number of aromatic nitrogens is 3. The van der Waals surface area contributed by atoms with E-state index in [1.54, 1.807) is 6.20 Å². The van der Waals surface area contributed by atoms with E-state index in [1.165, 1.54) is 0 Å². The highest BCUT2D eigenvalue weighted by atomic mass is 35.5. The molecule has 1 aliphatic heterocycles.